The molecule has 25 heavy (non-hydrogen) atoms. The maximum atomic E-state index is 4.69. The molecule has 4 rings (SSSR count). The summed E-state index contributed by atoms with van der Waals surface area (Å²) in [5.41, 5.74) is 4.83. The number of aromatic nitrogens is 5. The Labute approximate surface area is 160 Å². The fourth-order valence-electron chi connectivity index (χ4n) is 2.26. The Kier molecular flexibility index (Phi) is 6.97. The van der Waals surface area contributed by atoms with E-state index in [1.807, 2.05) is 6.07 Å². The number of hydrogen-bond donors (Lipinski definition) is 1. The summed E-state index contributed by atoms with van der Waals surface area (Å²) in [5.74, 6) is 0. The number of rotatable bonds is 2. The molecule has 2 aromatic heterocycles. The van der Waals surface area contributed by atoms with Gasteiger partial charge in [0.05, 0.1) is 5.69 Å². The third kappa shape index (κ3) is 4.80. The third-order valence-electron chi connectivity index (χ3n) is 3.54. The molecule has 0 aliphatic heterocycles. The predicted molar refractivity (Wildman–Crippen MR) is 107 cm³/mol. The second-order valence-electron chi connectivity index (χ2n) is 5.13. The van der Waals surface area contributed by atoms with Gasteiger partial charge in [-0.05, 0) is 25.0 Å². The lowest BCUT2D eigenvalue weighted by atomic mass is 10.0. The van der Waals surface area contributed by atoms with Gasteiger partial charge in [0.1, 0.15) is 5.01 Å². The van der Waals surface area contributed by atoms with Crippen LogP contribution in [-0.4, -0.2) is 25.6 Å². The summed E-state index contributed by atoms with van der Waals surface area (Å²) in [6, 6.07) is 19.0. The first-order valence-corrected chi connectivity index (χ1v) is 8.32. The molecule has 0 spiro atoms. The molecule has 1 N–H and O–H groups in total. The molecule has 5 nitrogen and oxygen atoms in total. The van der Waals surface area contributed by atoms with Gasteiger partial charge in [-0.3, -0.25) is 0 Å². The van der Waals surface area contributed by atoms with E-state index in [-0.39, 0.29) is 17.0 Å². The molecule has 0 saturated heterocycles. The van der Waals surface area contributed by atoms with Crippen molar-refractivity contribution in [2.45, 2.75) is 13.8 Å². The molecule has 128 valence electrons. The smallest absolute Gasteiger partial charge is 0.161 e. The van der Waals surface area contributed by atoms with Crippen LogP contribution in [0.5, 0.6) is 0 Å². The maximum Gasteiger partial charge on any atom is 0.161 e. The summed E-state index contributed by atoms with van der Waals surface area (Å²) in [4.78, 5) is 5.97. The van der Waals surface area contributed by atoms with Crippen LogP contribution in [-0.2, 0) is 0 Å². The van der Waals surface area contributed by atoms with E-state index in [0.717, 1.165) is 10.7 Å². The van der Waals surface area contributed by atoms with E-state index >= 15 is 0 Å². The van der Waals surface area contributed by atoms with E-state index in [1.165, 1.54) is 27.9 Å². The first kappa shape index (κ1) is 19.0. The van der Waals surface area contributed by atoms with E-state index < -0.39 is 0 Å². The number of nitrogens with zero attached hydrogens (tertiary/aromatic N) is 4. The fourth-order valence-corrected chi connectivity index (χ4v) is 3.21. The first-order chi connectivity index (χ1) is 11.8. The Morgan fingerprint density at radius 1 is 0.880 bits per heavy atom. The highest BCUT2D eigenvalue weighted by Gasteiger charge is 2.11. The zero-order chi connectivity index (χ0) is 16.8. The Morgan fingerprint density at radius 3 is 2.08 bits per heavy atom. The Morgan fingerprint density at radius 2 is 1.56 bits per heavy atom. The zero-order valence-corrected chi connectivity index (χ0v) is 16.4. The van der Waals surface area contributed by atoms with Crippen molar-refractivity contribution < 1.29 is 0 Å². The van der Waals surface area contributed by atoms with E-state index in [1.54, 1.807) is 11.3 Å². The summed E-state index contributed by atoms with van der Waals surface area (Å²) in [7, 11) is 0. The molecule has 0 bridgehead atoms. The van der Waals surface area contributed by atoms with Crippen LogP contribution in [0.4, 0.5) is 0 Å². The second kappa shape index (κ2) is 9.19. The fraction of sp³-hybridized carbons (Fsp3) is 0.111. The Balaban J connectivity index is 0.000000325. The standard InChI is InChI=1S/C17H15NS.CH2N4.BrH/c1-12-13(2)19-17(18-12)16-11-7-6-10-15(16)14-8-4-3-5-9-14;1-2-4-5-3-1;/h3-11H,1-2H3;1H,(H,2,3,4,5);1H. The van der Waals surface area contributed by atoms with Gasteiger partial charge in [-0.15, -0.1) is 38.5 Å². The number of hydrogen-bond acceptors (Lipinski definition) is 5. The number of aromatic amines is 1. The minimum absolute atomic E-state index is 0. The molecule has 0 fully saturated rings. The average Bonchev–Trinajstić information content (AvgIpc) is 3.30. The maximum absolute atomic E-state index is 4.69. The van der Waals surface area contributed by atoms with Gasteiger partial charge in [-0.2, -0.15) is 5.21 Å². The Hall–Kier alpha value is -2.38. The van der Waals surface area contributed by atoms with Crippen molar-refractivity contribution in [3.63, 3.8) is 0 Å². The van der Waals surface area contributed by atoms with Crippen LogP contribution in [0, 0.1) is 13.8 Å². The molecule has 0 aliphatic carbocycles. The lowest BCUT2D eigenvalue weighted by Gasteiger charge is -2.07. The van der Waals surface area contributed by atoms with Crippen LogP contribution in [0.2, 0.25) is 0 Å². The number of aryl methyl sites for hydroxylation is 2. The number of benzene rings is 2. The van der Waals surface area contributed by atoms with Crippen LogP contribution < -0.4 is 0 Å². The minimum Gasteiger partial charge on any atom is -0.241 e. The topological polar surface area (TPSA) is 67.3 Å². The van der Waals surface area contributed by atoms with Gasteiger partial charge in [-0.25, -0.2) is 4.98 Å². The van der Waals surface area contributed by atoms with E-state index in [9.17, 15) is 0 Å². The quantitative estimate of drug-likeness (QED) is 0.506. The van der Waals surface area contributed by atoms with Crippen molar-refractivity contribution in [3.8, 4) is 21.7 Å². The number of thiazole rings is 1. The molecule has 0 radical (unpaired) electrons. The number of H-pyrrole nitrogens is 1. The molecular formula is C18H18BrN5S. The zero-order valence-electron chi connectivity index (χ0n) is 13.9. The number of tetrazole rings is 1. The predicted octanol–water partition coefficient (Wildman–Crippen LogP) is 4.87. The largest absolute Gasteiger partial charge is 0.241 e. The van der Waals surface area contributed by atoms with Crippen LogP contribution in [0.1, 0.15) is 10.6 Å². The lowest BCUT2D eigenvalue weighted by molar-refractivity contribution is 0.881. The number of nitrogens with one attached hydrogen (secondary N) is 1. The highest BCUT2D eigenvalue weighted by molar-refractivity contribution is 8.93. The monoisotopic (exact) mass is 415 g/mol. The van der Waals surface area contributed by atoms with Gasteiger partial charge in [-0.1, -0.05) is 59.8 Å². The van der Waals surface area contributed by atoms with E-state index in [0.29, 0.717) is 0 Å². The van der Waals surface area contributed by atoms with Gasteiger partial charge >= 0.3 is 0 Å². The van der Waals surface area contributed by atoms with Crippen LogP contribution in [0.3, 0.4) is 0 Å². The highest BCUT2D eigenvalue weighted by Crippen LogP contribution is 2.35. The van der Waals surface area contributed by atoms with Crippen molar-refractivity contribution >= 4 is 28.3 Å². The van der Waals surface area contributed by atoms with Gasteiger partial charge in [0.15, 0.2) is 6.33 Å². The van der Waals surface area contributed by atoms with Crippen molar-refractivity contribution in [2.24, 2.45) is 0 Å². The van der Waals surface area contributed by atoms with Crippen LogP contribution in [0.25, 0.3) is 21.7 Å². The third-order valence-corrected chi connectivity index (χ3v) is 4.65. The molecule has 0 amide bonds. The van der Waals surface area contributed by atoms with Gasteiger partial charge in [0.2, 0.25) is 0 Å². The summed E-state index contributed by atoms with van der Waals surface area (Å²) >= 11 is 1.77. The SMILES string of the molecule is Br.Cc1nc(-c2ccccc2-c2ccccc2)sc1C.c1nn[nH]n1. The Bertz CT molecular complexity index is 854. The molecule has 0 saturated carbocycles. The first-order valence-electron chi connectivity index (χ1n) is 7.51. The molecule has 4 aromatic rings. The average molecular weight is 416 g/mol. The normalized spacial score (nSPS) is 9.68. The molecule has 0 atom stereocenters. The van der Waals surface area contributed by atoms with E-state index in [4.69, 9.17) is 0 Å². The van der Waals surface area contributed by atoms with Crippen LogP contribution in [0.15, 0.2) is 60.9 Å². The number of halogens is 1. The van der Waals surface area contributed by atoms with Gasteiger partial charge < -0.3 is 0 Å². The highest BCUT2D eigenvalue weighted by atomic mass is 79.9. The van der Waals surface area contributed by atoms with Crippen molar-refractivity contribution in [2.75, 3.05) is 0 Å². The molecule has 0 aliphatic rings. The molecule has 2 aromatic carbocycles. The summed E-state index contributed by atoms with van der Waals surface area (Å²) in [6.45, 7) is 4.20. The van der Waals surface area contributed by atoms with Crippen molar-refractivity contribution in [1.82, 2.24) is 25.6 Å². The molecule has 7 heteroatoms. The summed E-state index contributed by atoms with van der Waals surface area (Å²) in [6.07, 6.45) is 1.33. The summed E-state index contributed by atoms with van der Waals surface area (Å²) < 4.78 is 0. The minimum atomic E-state index is 0. The van der Waals surface area contributed by atoms with Gasteiger partial charge in [0.25, 0.3) is 0 Å². The van der Waals surface area contributed by atoms with Crippen molar-refractivity contribution in [3.05, 3.63) is 71.5 Å². The lowest BCUT2D eigenvalue weighted by Crippen LogP contribution is -1.84. The molecule has 0 unspecified atom stereocenters. The summed E-state index contributed by atoms with van der Waals surface area (Å²) in [5, 5.41) is 13.3. The molecule has 2 heterocycles. The van der Waals surface area contributed by atoms with Crippen molar-refractivity contribution in [1.29, 1.82) is 0 Å². The van der Waals surface area contributed by atoms with Gasteiger partial charge in [0, 0.05) is 10.4 Å². The van der Waals surface area contributed by atoms with Crippen LogP contribution >= 0.6 is 28.3 Å². The second-order valence-corrected chi connectivity index (χ2v) is 6.34. The molecular weight excluding hydrogens is 398 g/mol. The van der Waals surface area contributed by atoms with E-state index in [2.05, 4.69) is 88.0 Å².